The van der Waals surface area contributed by atoms with Gasteiger partial charge in [-0.1, -0.05) is 30.6 Å². The molecule has 1 aromatic carbocycles. The molecule has 2 aromatic rings. The van der Waals surface area contributed by atoms with E-state index in [0.29, 0.717) is 17.5 Å². The van der Waals surface area contributed by atoms with Gasteiger partial charge in [-0.2, -0.15) is 0 Å². The third-order valence-corrected chi connectivity index (χ3v) is 6.18. The molecular weight excluding hydrogens is 418 g/mol. The van der Waals surface area contributed by atoms with E-state index >= 15 is 0 Å². The number of amides is 1. The van der Waals surface area contributed by atoms with Crippen LogP contribution in [-0.4, -0.2) is 43.2 Å². The van der Waals surface area contributed by atoms with Crippen molar-refractivity contribution in [3.63, 3.8) is 0 Å². The Balaban J connectivity index is 1.36. The van der Waals surface area contributed by atoms with Gasteiger partial charge < -0.3 is 18.9 Å². The Labute approximate surface area is 188 Å². The molecule has 0 spiro atoms. The van der Waals surface area contributed by atoms with E-state index < -0.39 is 0 Å². The Morgan fingerprint density at radius 1 is 1.26 bits per heavy atom. The van der Waals surface area contributed by atoms with Gasteiger partial charge in [0.2, 0.25) is 11.8 Å². The number of nitrogens with zero attached hydrogens (tertiary/aromatic N) is 2. The predicted molar refractivity (Wildman–Crippen MR) is 120 cm³/mol. The molecular formula is C23H30ClN3O4. The van der Waals surface area contributed by atoms with Crippen LogP contribution < -0.4 is 10.2 Å². The lowest BCUT2D eigenvalue weighted by Crippen LogP contribution is -2.39. The van der Waals surface area contributed by atoms with Crippen molar-refractivity contribution >= 4 is 29.1 Å². The highest BCUT2D eigenvalue weighted by atomic mass is 35.5. The maximum absolute atomic E-state index is 12.9. The van der Waals surface area contributed by atoms with Crippen LogP contribution in [0.4, 0.5) is 11.6 Å². The van der Waals surface area contributed by atoms with Gasteiger partial charge in [-0.15, -0.1) is 0 Å². The van der Waals surface area contributed by atoms with Crippen molar-refractivity contribution in [1.82, 2.24) is 5.16 Å². The van der Waals surface area contributed by atoms with Crippen molar-refractivity contribution in [3.05, 3.63) is 41.0 Å². The maximum atomic E-state index is 12.9. The van der Waals surface area contributed by atoms with Gasteiger partial charge in [0.05, 0.1) is 12.3 Å². The van der Waals surface area contributed by atoms with Crippen molar-refractivity contribution in [2.75, 3.05) is 30.0 Å². The van der Waals surface area contributed by atoms with Crippen LogP contribution >= 0.6 is 11.6 Å². The summed E-state index contributed by atoms with van der Waals surface area (Å²) in [5, 5.41) is 7.75. The van der Waals surface area contributed by atoms with Gasteiger partial charge in [-0.25, -0.2) is 0 Å². The molecule has 2 aliphatic rings. The zero-order chi connectivity index (χ0) is 21.8. The topological polar surface area (TPSA) is 76.8 Å². The second kappa shape index (κ2) is 9.59. The number of carbonyl (C=O) groups excluding carboxylic acids is 1. The van der Waals surface area contributed by atoms with E-state index in [0.717, 1.165) is 56.6 Å². The largest absolute Gasteiger partial charge is 0.360 e. The molecule has 2 unspecified atom stereocenters. The molecule has 2 aliphatic heterocycles. The zero-order valence-corrected chi connectivity index (χ0v) is 18.9. The van der Waals surface area contributed by atoms with Crippen molar-refractivity contribution in [3.8, 4) is 0 Å². The Hall–Kier alpha value is -2.09. The van der Waals surface area contributed by atoms with Crippen LogP contribution in [-0.2, 0) is 19.7 Å². The average molecular weight is 448 g/mol. The third kappa shape index (κ3) is 5.40. The van der Waals surface area contributed by atoms with Crippen LogP contribution in [0.1, 0.15) is 51.6 Å². The van der Waals surface area contributed by atoms with E-state index in [2.05, 4.69) is 15.4 Å². The Kier molecular flexibility index (Phi) is 6.84. The molecule has 1 N–H and O–H groups in total. The Bertz CT molecular complexity index is 877. The molecule has 0 saturated carbocycles. The van der Waals surface area contributed by atoms with Crippen molar-refractivity contribution in [2.45, 2.75) is 63.7 Å². The molecule has 31 heavy (non-hydrogen) atoms. The maximum Gasteiger partial charge on any atom is 0.249 e. The molecule has 1 aromatic heterocycles. The molecule has 168 valence electrons. The number of ether oxygens (including phenoxy) is 2. The second-order valence-corrected chi connectivity index (χ2v) is 9.32. The monoisotopic (exact) mass is 447 g/mol. The lowest BCUT2D eigenvalue weighted by molar-refractivity contribution is -0.170. The fourth-order valence-electron chi connectivity index (χ4n) is 4.06. The molecule has 2 atom stereocenters. The Morgan fingerprint density at radius 3 is 2.81 bits per heavy atom. The Morgan fingerprint density at radius 2 is 2.06 bits per heavy atom. The number of aromatic nitrogens is 1. The first kappa shape index (κ1) is 22.1. The summed E-state index contributed by atoms with van der Waals surface area (Å²) < 4.78 is 17.0. The SMILES string of the molecule is CC(C)(COC1CCCCO1)c1cc(NC(=O)C2CCCN2c2ccc(Cl)cc2)on1. The second-order valence-electron chi connectivity index (χ2n) is 8.88. The van der Waals surface area contributed by atoms with Crippen LogP contribution in [0.2, 0.25) is 5.02 Å². The minimum atomic E-state index is -0.365. The predicted octanol–water partition coefficient (Wildman–Crippen LogP) is 4.76. The van der Waals surface area contributed by atoms with Crippen LogP contribution in [0, 0.1) is 0 Å². The highest BCUT2D eigenvalue weighted by molar-refractivity contribution is 6.30. The van der Waals surface area contributed by atoms with Crippen molar-refractivity contribution < 1.29 is 18.8 Å². The first-order valence-corrected chi connectivity index (χ1v) is 11.3. The van der Waals surface area contributed by atoms with Gasteiger partial charge in [-0.3, -0.25) is 10.1 Å². The molecule has 7 nitrogen and oxygen atoms in total. The number of benzene rings is 1. The minimum absolute atomic E-state index is 0.0974. The van der Waals surface area contributed by atoms with Crippen molar-refractivity contribution in [1.29, 1.82) is 0 Å². The summed E-state index contributed by atoms with van der Waals surface area (Å²) in [6, 6.07) is 9.10. The van der Waals surface area contributed by atoms with Gasteiger partial charge in [0.1, 0.15) is 6.04 Å². The number of hydrogen-bond donors (Lipinski definition) is 1. The standard InChI is InChI=1S/C23H30ClN3O4/c1-23(2,15-30-21-7-3-4-13-29-21)19-14-20(31-26-19)25-22(28)18-6-5-12-27(18)17-10-8-16(24)9-11-17/h8-11,14,18,21H,3-7,12-13,15H2,1-2H3,(H,25,28). The van der Waals surface area contributed by atoms with Gasteiger partial charge in [0.15, 0.2) is 6.29 Å². The van der Waals surface area contributed by atoms with Gasteiger partial charge >= 0.3 is 0 Å². The van der Waals surface area contributed by atoms with Crippen LogP contribution in [0.15, 0.2) is 34.9 Å². The molecule has 2 fully saturated rings. The first-order chi connectivity index (χ1) is 14.9. The summed E-state index contributed by atoms with van der Waals surface area (Å²) in [7, 11) is 0. The average Bonchev–Trinajstić information content (AvgIpc) is 3.44. The summed E-state index contributed by atoms with van der Waals surface area (Å²) in [5.74, 6) is 0.254. The fraction of sp³-hybridized carbons (Fsp3) is 0.565. The van der Waals surface area contributed by atoms with Gasteiger partial charge in [0.25, 0.3) is 0 Å². The quantitative estimate of drug-likeness (QED) is 0.659. The summed E-state index contributed by atoms with van der Waals surface area (Å²) in [4.78, 5) is 15.1. The number of carbonyl (C=O) groups is 1. The van der Waals surface area contributed by atoms with Gasteiger partial charge in [0, 0.05) is 35.3 Å². The number of rotatable bonds is 7. The molecule has 0 bridgehead atoms. The number of anilines is 2. The highest BCUT2D eigenvalue weighted by Crippen LogP contribution is 2.29. The van der Waals surface area contributed by atoms with E-state index in [-0.39, 0.29) is 23.7 Å². The smallest absolute Gasteiger partial charge is 0.249 e. The summed E-state index contributed by atoms with van der Waals surface area (Å²) >= 11 is 6.00. The molecule has 0 radical (unpaired) electrons. The van der Waals surface area contributed by atoms with E-state index in [9.17, 15) is 4.79 Å². The summed E-state index contributed by atoms with van der Waals surface area (Å²) in [5.41, 5.74) is 1.36. The third-order valence-electron chi connectivity index (χ3n) is 5.93. The highest BCUT2D eigenvalue weighted by Gasteiger charge is 2.33. The molecule has 2 saturated heterocycles. The number of hydrogen-bond acceptors (Lipinski definition) is 6. The lowest BCUT2D eigenvalue weighted by Gasteiger charge is -2.28. The van der Waals surface area contributed by atoms with Crippen LogP contribution in [0.25, 0.3) is 0 Å². The first-order valence-electron chi connectivity index (χ1n) is 11.0. The molecule has 4 rings (SSSR count). The normalized spacial score (nSPS) is 22.0. The van der Waals surface area contributed by atoms with Crippen LogP contribution in [0.3, 0.4) is 0 Å². The van der Waals surface area contributed by atoms with E-state index in [4.69, 9.17) is 25.6 Å². The lowest BCUT2D eigenvalue weighted by atomic mass is 9.90. The molecule has 8 heteroatoms. The molecule has 1 amide bonds. The summed E-state index contributed by atoms with van der Waals surface area (Å²) in [6.07, 6.45) is 4.72. The van der Waals surface area contributed by atoms with E-state index in [1.807, 2.05) is 38.1 Å². The zero-order valence-electron chi connectivity index (χ0n) is 18.1. The molecule has 0 aliphatic carbocycles. The van der Waals surface area contributed by atoms with Crippen molar-refractivity contribution in [2.24, 2.45) is 0 Å². The minimum Gasteiger partial charge on any atom is -0.360 e. The van der Waals surface area contributed by atoms with E-state index in [1.54, 1.807) is 6.07 Å². The summed E-state index contributed by atoms with van der Waals surface area (Å²) in [6.45, 7) is 6.12. The number of halogens is 1. The van der Waals surface area contributed by atoms with E-state index in [1.165, 1.54) is 0 Å². The molecule has 3 heterocycles. The van der Waals surface area contributed by atoms with Crippen LogP contribution in [0.5, 0.6) is 0 Å². The van der Waals surface area contributed by atoms with Gasteiger partial charge in [-0.05, 0) is 56.4 Å². The number of nitrogens with one attached hydrogen (secondary N) is 1. The fourth-order valence-corrected chi connectivity index (χ4v) is 4.18.